The molecule has 2 rings (SSSR count). The number of hydrogen-bond acceptors (Lipinski definition) is 3. The summed E-state index contributed by atoms with van der Waals surface area (Å²) in [7, 11) is 0. The first-order valence-electron chi connectivity index (χ1n) is 5.69. The van der Waals surface area contributed by atoms with Crippen molar-refractivity contribution in [1.29, 1.82) is 0 Å². The third-order valence-corrected chi connectivity index (χ3v) is 3.19. The van der Waals surface area contributed by atoms with Crippen LogP contribution in [0.1, 0.15) is 37.6 Å². The number of nitrogens with two attached hydrogens (primary N) is 1. The Morgan fingerprint density at radius 1 is 1.69 bits per heavy atom. The van der Waals surface area contributed by atoms with Crippen LogP contribution < -0.4 is 11.3 Å². The quantitative estimate of drug-likeness (QED) is 0.436. The van der Waals surface area contributed by atoms with E-state index >= 15 is 0 Å². The molecule has 1 atom stereocenters. The Hall–Kier alpha value is -1.36. The Balaban J connectivity index is 2.24. The fraction of sp³-hybridized carbons (Fsp3) is 0.636. The Bertz CT molecular complexity index is 397. The number of amides is 1. The van der Waals surface area contributed by atoms with E-state index in [9.17, 15) is 4.79 Å². The molecule has 88 valence electrons. The second-order valence-electron chi connectivity index (χ2n) is 4.60. The maximum atomic E-state index is 11.5. The lowest BCUT2D eigenvalue weighted by molar-refractivity contribution is -0.125. The van der Waals surface area contributed by atoms with Crippen LogP contribution in [-0.4, -0.2) is 15.7 Å². The highest BCUT2D eigenvalue weighted by Crippen LogP contribution is 2.27. The van der Waals surface area contributed by atoms with Crippen LogP contribution in [0, 0.1) is 5.92 Å². The molecule has 1 amide bonds. The number of hydrogen-bond donors (Lipinski definition) is 2. The Morgan fingerprint density at radius 2 is 2.44 bits per heavy atom. The molecule has 0 aromatic carbocycles. The van der Waals surface area contributed by atoms with Crippen LogP contribution in [0.2, 0.25) is 0 Å². The van der Waals surface area contributed by atoms with Crippen molar-refractivity contribution in [2.45, 2.75) is 39.2 Å². The summed E-state index contributed by atoms with van der Waals surface area (Å²) in [4.78, 5) is 11.5. The molecule has 0 bridgehead atoms. The van der Waals surface area contributed by atoms with Crippen molar-refractivity contribution < 1.29 is 4.79 Å². The van der Waals surface area contributed by atoms with Gasteiger partial charge in [-0.05, 0) is 32.3 Å². The zero-order valence-electron chi connectivity index (χ0n) is 9.73. The summed E-state index contributed by atoms with van der Waals surface area (Å²) in [6.07, 6.45) is 4.45. The number of nitrogens with zero attached hydrogens (tertiary/aromatic N) is 2. The molecular formula is C11H18N4O. The number of aromatic nitrogens is 2. The summed E-state index contributed by atoms with van der Waals surface area (Å²) in [6, 6.07) is 0.337. The van der Waals surface area contributed by atoms with Crippen LogP contribution in [0.15, 0.2) is 6.20 Å². The number of fused-ring (bicyclic) bond motifs is 1. The molecule has 16 heavy (non-hydrogen) atoms. The Morgan fingerprint density at radius 3 is 3.06 bits per heavy atom. The van der Waals surface area contributed by atoms with Gasteiger partial charge in [0.25, 0.3) is 0 Å². The molecule has 0 aliphatic heterocycles. The predicted octanol–water partition coefficient (Wildman–Crippen LogP) is 0.559. The zero-order valence-corrected chi connectivity index (χ0v) is 9.73. The second-order valence-corrected chi connectivity index (χ2v) is 4.60. The molecule has 0 unspecified atom stereocenters. The first-order chi connectivity index (χ1) is 7.63. The Labute approximate surface area is 95.0 Å². The van der Waals surface area contributed by atoms with E-state index in [4.69, 9.17) is 5.84 Å². The third kappa shape index (κ3) is 1.82. The lowest BCUT2D eigenvalue weighted by atomic mass is 9.87. The highest BCUT2D eigenvalue weighted by molar-refractivity contribution is 5.78. The molecule has 1 aromatic heterocycles. The van der Waals surface area contributed by atoms with E-state index in [-0.39, 0.29) is 11.8 Å². The fourth-order valence-electron chi connectivity index (χ4n) is 2.31. The number of hydrazine groups is 1. The van der Waals surface area contributed by atoms with E-state index in [0.717, 1.165) is 19.3 Å². The van der Waals surface area contributed by atoms with Crippen LogP contribution in [0.5, 0.6) is 0 Å². The number of rotatable bonds is 2. The van der Waals surface area contributed by atoms with Gasteiger partial charge < -0.3 is 0 Å². The second kappa shape index (κ2) is 4.25. The van der Waals surface area contributed by atoms with Gasteiger partial charge in [-0.2, -0.15) is 5.10 Å². The van der Waals surface area contributed by atoms with Crippen molar-refractivity contribution >= 4 is 5.91 Å². The molecule has 1 heterocycles. The van der Waals surface area contributed by atoms with Crippen LogP contribution in [-0.2, 0) is 17.6 Å². The van der Waals surface area contributed by atoms with E-state index in [1.165, 1.54) is 11.3 Å². The van der Waals surface area contributed by atoms with Crippen molar-refractivity contribution in [2.75, 3.05) is 0 Å². The Kier molecular flexibility index (Phi) is 2.96. The topological polar surface area (TPSA) is 72.9 Å². The van der Waals surface area contributed by atoms with Gasteiger partial charge in [-0.25, -0.2) is 5.84 Å². The summed E-state index contributed by atoms with van der Waals surface area (Å²) < 4.78 is 2.01. The molecule has 5 nitrogen and oxygen atoms in total. The van der Waals surface area contributed by atoms with Crippen molar-refractivity contribution in [2.24, 2.45) is 11.8 Å². The van der Waals surface area contributed by atoms with Gasteiger partial charge in [0.2, 0.25) is 5.91 Å². The van der Waals surface area contributed by atoms with E-state index in [0.29, 0.717) is 6.04 Å². The van der Waals surface area contributed by atoms with Gasteiger partial charge >= 0.3 is 0 Å². The molecule has 0 saturated carbocycles. The van der Waals surface area contributed by atoms with E-state index in [1.54, 1.807) is 0 Å². The van der Waals surface area contributed by atoms with Gasteiger partial charge in [0.15, 0.2) is 0 Å². The maximum absolute atomic E-state index is 11.5. The SMILES string of the molecule is CC(C)n1ncc2c1C[C@@H](C(=O)NN)CC2. The largest absolute Gasteiger partial charge is 0.294 e. The summed E-state index contributed by atoms with van der Waals surface area (Å²) in [5, 5.41) is 4.37. The van der Waals surface area contributed by atoms with Gasteiger partial charge in [-0.1, -0.05) is 0 Å². The minimum atomic E-state index is -0.0674. The van der Waals surface area contributed by atoms with Gasteiger partial charge in [0.05, 0.1) is 6.20 Å². The molecule has 1 aliphatic carbocycles. The number of carbonyl (C=O) groups excluding carboxylic acids is 1. The maximum Gasteiger partial charge on any atom is 0.237 e. The monoisotopic (exact) mass is 222 g/mol. The summed E-state index contributed by atoms with van der Waals surface area (Å²) >= 11 is 0. The smallest absolute Gasteiger partial charge is 0.237 e. The number of carbonyl (C=O) groups is 1. The minimum Gasteiger partial charge on any atom is -0.294 e. The highest BCUT2D eigenvalue weighted by Gasteiger charge is 2.27. The molecule has 1 aromatic rings. The van der Waals surface area contributed by atoms with Gasteiger partial charge in [-0.15, -0.1) is 0 Å². The molecule has 1 aliphatic rings. The molecule has 0 radical (unpaired) electrons. The van der Waals surface area contributed by atoms with Crippen LogP contribution in [0.25, 0.3) is 0 Å². The molecule has 0 fully saturated rings. The number of nitrogens with one attached hydrogen (secondary N) is 1. The van der Waals surface area contributed by atoms with Crippen LogP contribution in [0.3, 0.4) is 0 Å². The van der Waals surface area contributed by atoms with Gasteiger partial charge in [-0.3, -0.25) is 14.9 Å². The van der Waals surface area contributed by atoms with E-state index < -0.39 is 0 Å². The highest BCUT2D eigenvalue weighted by atomic mass is 16.2. The zero-order chi connectivity index (χ0) is 11.7. The average molecular weight is 222 g/mol. The van der Waals surface area contributed by atoms with Crippen LogP contribution >= 0.6 is 0 Å². The summed E-state index contributed by atoms with van der Waals surface area (Å²) in [5.41, 5.74) is 4.70. The number of aryl methyl sites for hydroxylation is 1. The first kappa shape index (κ1) is 11.1. The minimum absolute atomic E-state index is 0.00769. The van der Waals surface area contributed by atoms with Crippen molar-refractivity contribution in [1.82, 2.24) is 15.2 Å². The van der Waals surface area contributed by atoms with Crippen molar-refractivity contribution in [3.8, 4) is 0 Å². The van der Waals surface area contributed by atoms with Crippen LogP contribution in [0.4, 0.5) is 0 Å². The average Bonchev–Trinajstić information content (AvgIpc) is 2.70. The molecule has 0 saturated heterocycles. The third-order valence-electron chi connectivity index (χ3n) is 3.19. The molecule has 0 spiro atoms. The van der Waals surface area contributed by atoms with Gasteiger partial charge in [0, 0.05) is 24.1 Å². The molecular weight excluding hydrogens is 204 g/mol. The first-order valence-corrected chi connectivity index (χ1v) is 5.69. The summed E-state index contributed by atoms with van der Waals surface area (Å²) in [5.74, 6) is 5.10. The summed E-state index contributed by atoms with van der Waals surface area (Å²) in [6.45, 7) is 4.19. The van der Waals surface area contributed by atoms with Crippen molar-refractivity contribution in [3.05, 3.63) is 17.5 Å². The van der Waals surface area contributed by atoms with E-state index in [1.807, 2.05) is 10.9 Å². The standard InChI is InChI=1S/C11H18N4O/c1-7(2)15-10-5-8(11(16)14-12)3-4-9(10)6-13-15/h6-8H,3-5,12H2,1-2H3,(H,14,16)/t8-/m0/s1. The molecule has 3 N–H and O–H groups in total. The normalized spacial score (nSPS) is 19.6. The van der Waals surface area contributed by atoms with Gasteiger partial charge in [0.1, 0.15) is 0 Å². The molecule has 5 heteroatoms. The predicted molar refractivity (Wildman–Crippen MR) is 60.5 cm³/mol. The van der Waals surface area contributed by atoms with E-state index in [2.05, 4.69) is 24.4 Å². The fourth-order valence-corrected chi connectivity index (χ4v) is 2.31. The lowest BCUT2D eigenvalue weighted by Gasteiger charge is -2.22. The van der Waals surface area contributed by atoms with Crippen molar-refractivity contribution in [3.63, 3.8) is 0 Å². The lowest BCUT2D eigenvalue weighted by Crippen LogP contribution is -2.38.